The van der Waals surface area contributed by atoms with Crippen LogP contribution in [0.4, 0.5) is 0 Å². The maximum absolute atomic E-state index is 3.74. The van der Waals surface area contributed by atoms with Crippen LogP contribution in [-0.4, -0.2) is 29.1 Å². The molecule has 2 fully saturated rings. The first-order chi connectivity index (χ1) is 9.00. The Balaban J connectivity index is 1.81. The lowest BCUT2D eigenvalue weighted by molar-refractivity contribution is 0.00520. The van der Waals surface area contributed by atoms with Crippen LogP contribution in [0.15, 0.2) is 30.3 Å². The van der Waals surface area contributed by atoms with Gasteiger partial charge in [-0.3, -0.25) is 4.90 Å². The summed E-state index contributed by atoms with van der Waals surface area (Å²) in [4.78, 5) is 2.72. The van der Waals surface area contributed by atoms with Gasteiger partial charge in [-0.25, -0.2) is 0 Å². The number of nitrogens with one attached hydrogen (secondary N) is 1. The first kappa shape index (κ1) is 13.1. The van der Waals surface area contributed by atoms with Crippen molar-refractivity contribution in [2.24, 2.45) is 5.92 Å². The van der Waals surface area contributed by atoms with Crippen LogP contribution in [-0.2, 0) is 6.54 Å². The highest BCUT2D eigenvalue weighted by molar-refractivity contribution is 5.17. The summed E-state index contributed by atoms with van der Waals surface area (Å²) in [5.74, 6) is 0.889. The van der Waals surface area contributed by atoms with Gasteiger partial charge in [-0.1, -0.05) is 30.3 Å². The van der Waals surface area contributed by atoms with Gasteiger partial charge in [-0.2, -0.15) is 0 Å². The van der Waals surface area contributed by atoms with Crippen LogP contribution in [0.1, 0.15) is 39.2 Å². The molecule has 3 rings (SSSR count). The summed E-state index contributed by atoms with van der Waals surface area (Å²) in [7, 11) is 0. The van der Waals surface area contributed by atoms with E-state index in [1.54, 1.807) is 0 Å². The molecule has 2 aliphatic rings. The van der Waals surface area contributed by atoms with E-state index < -0.39 is 0 Å². The van der Waals surface area contributed by atoms with Gasteiger partial charge in [-0.15, -0.1) is 0 Å². The zero-order valence-corrected chi connectivity index (χ0v) is 12.4. The molecule has 1 saturated heterocycles. The van der Waals surface area contributed by atoms with E-state index in [9.17, 15) is 0 Å². The quantitative estimate of drug-likeness (QED) is 0.896. The smallest absolute Gasteiger partial charge is 0.0338 e. The molecule has 0 aromatic heterocycles. The minimum Gasteiger partial charge on any atom is -0.309 e. The molecular formula is C17H26N2. The minimum atomic E-state index is 0.225. The summed E-state index contributed by atoms with van der Waals surface area (Å²) in [6.07, 6.45) is 2.81. The fraction of sp³-hybridized carbons (Fsp3) is 0.647. The molecule has 0 bridgehead atoms. The van der Waals surface area contributed by atoms with Crippen LogP contribution >= 0.6 is 0 Å². The van der Waals surface area contributed by atoms with Crippen molar-refractivity contribution in [2.45, 2.75) is 51.2 Å². The largest absolute Gasteiger partial charge is 0.309 e. The Kier molecular flexibility index (Phi) is 3.18. The molecule has 1 heterocycles. The molecule has 1 saturated carbocycles. The average molecular weight is 258 g/mol. The van der Waals surface area contributed by atoms with E-state index in [2.05, 4.69) is 61.3 Å². The normalized spacial score (nSPS) is 31.3. The SMILES string of the molecule is CC1(C)CN(Cc2ccccc2)C(C)(C2CC2)CN1. The molecule has 1 N–H and O–H groups in total. The average Bonchev–Trinajstić information content (AvgIpc) is 3.20. The third-order valence-corrected chi connectivity index (χ3v) is 4.91. The number of hydrogen-bond donors (Lipinski definition) is 1. The van der Waals surface area contributed by atoms with Crippen LogP contribution in [0.2, 0.25) is 0 Å². The molecule has 2 nitrogen and oxygen atoms in total. The van der Waals surface area contributed by atoms with E-state index in [1.807, 2.05) is 0 Å². The Morgan fingerprint density at radius 3 is 2.47 bits per heavy atom. The van der Waals surface area contributed by atoms with Gasteiger partial charge in [0.2, 0.25) is 0 Å². The van der Waals surface area contributed by atoms with Crippen molar-refractivity contribution < 1.29 is 0 Å². The van der Waals surface area contributed by atoms with Crippen LogP contribution in [0.25, 0.3) is 0 Å². The Labute approximate surface area is 117 Å². The van der Waals surface area contributed by atoms with Crippen LogP contribution < -0.4 is 5.32 Å². The first-order valence-electron chi connectivity index (χ1n) is 7.54. The summed E-state index contributed by atoms with van der Waals surface area (Å²) in [6.45, 7) is 10.4. The van der Waals surface area contributed by atoms with Gasteiger partial charge in [-0.05, 0) is 45.1 Å². The summed E-state index contributed by atoms with van der Waals surface area (Å²) in [5.41, 5.74) is 2.00. The van der Waals surface area contributed by atoms with Crippen LogP contribution in [0.5, 0.6) is 0 Å². The van der Waals surface area contributed by atoms with E-state index in [-0.39, 0.29) is 5.54 Å². The topological polar surface area (TPSA) is 15.3 Å². The number of rotatable bonds is 3. The molecule has 1 atom stereocenters. The van der Waals surface area contributed by atoms with Crippen molar-refractivity contribution in [3.05, 3.63) is 35.9 Å². The molecule has 0 amide bonds. The molecule has 0 radical (unpaired) electrons. The van der Waals surface area contributed by atoms with E-state index in [1.165, 1.54) is 18.4 Å². The van der Waals surface area contributed by atoms with Crippen molar-refractivity contribution in [1.29, 1.82) is 0 Å². The highest BCUT2D eigenvalue weighted by Crippen LogP contribution is 2.45. The molecule has 1 aromatic rings. The molecule has 2 heteroatoms. The lowest BCUT2D eigenvalue weighted by atomic mass is 9.85. The maximum atomic E-state index is 3.74. The molecule has 1 unspecified atom stereocenters. The number of piperazine rings is 1. The van der Waals surface area contributed by atoms with E-state index in [0.29, 0.717) is 5.54 Å². The van der Waals surface area contributed by atoms with Gasteiger partial charge in [0.1, 0.15) is 0 Å². The molecule has 0 spiro atoms. The van der Waals surface area contributed by atoms with Gasteiger partial charge in [0.15, 0.2) is 0 Å². The summed E-state index contributed by atoms with van der Waals surface area (Å²) >= 11 is 0. The second-order valence-corrected chi connectivity index (χ2v) is 7.21. The van der Waals surface area contributed by atoms with Crippen molar-refractivity contribution in [2.75, 3.05) is 13.1 Å². The number of hydrogen-bond acceptors (Lipinski definition) is 2. The number of nitrogens with zero attached hydrogens (tertiary/aromatic N) is 1. The van der Waals surface area contributed by atoms with Gasteiger partial charge < -0.3 is 5.32 Å². The van der Waals surface area contributed by atoms with Crippen LogP contribution in [0.3, 0.4) is 0 Å². The van der Waals surface area contributed by atoms with Gasteiger partial charge in [0.05, 0.1) is 0 Å². The Bertz CT molecular complexity index is 436. The molecular weight excluding hydrogens is 232 g/mol. The first-order valence-corrected chi connectivity index (χ1v) is 7.54. The van der Waals surface area contributed by atoms with E-state index in [0.717, 1.165) is 25.6 Å². The Hall–Kier alpha value is -0.860. The third kappa shape index (κ3) is 2.70. The third-order valence-electron chi connectivity index (χ3n) is 4.91. The zero-order valence-electron chi connectivity index (χ0n) is 12.4. The number of benzene rings is 1. The second-order valence-electron chi connectivity index (χ2n) is 7.21. The standard InChI is InChI=1S/C17H26N2/c1-16(2)13-19(11-14-7-5-4-6-8-14)17(3,12-18-16)15-9-10-15/h4-8,15,18H,9-13H2,1-3H3. The van der Waals surface area contributed by atoms with E-state index >= 15 is 0 Å². The van der Waals surface area contributed by atoms with Crippen molar-refractivity contribution in [3.8, 4) is 0 Å². The van der Waals surface area contributed by atoms with E-state index in [4.69, 9.17) is 0 Å². The van der Waals surface area contributed by atoms with Crippen LogP contribution in [0, 0.1) is 5.92 Å². The van der Waals surface area contributed by atoms with Crippen molar-refractivity contribution in [3.63, 3.8) is 0 Å². The fourth-order valence-corrected chi connectivity index (χ4v) is 3.39. The molecule has 104 valence electrons. The zero-order chi connectivity index (χ0) is 13.5. The Morgan fingerprint density at radius 2 is 1.84 bits per heavy atom. The predicted octanol–water partition coefficient (Wildman–Crippen LogP) is 3.04. The van der Waals surface area contributed by atoms with Crippen molar-refractivity contribution in [1.82, 2.24) is 10.2 Å². The highest BCUT2D eigenvalue weighted by Gasteiger charge is 2.49. The second kappa shape index (κ2) is 4.60. The van der Waals surface area contributed by atoms with Gasteiger partial charge in [0.25, 0.3) is 0 Å². The molecule has 1 aromatic carbocycles. The predicted molar refractivity (Wildman–Crippen MR) is 80.1 cm³/mol. The highest BCUT2D eigenvalue weighted by atomic mass is 15.3. The monoisotopic (exact) mass is 258 g/mol. The molecule has 1 aliphatic heterocycles. The summed E-state index contributed by atoms with van der Waals surface area (Å²) in [5, 5.41) is 3.74. The van der Waals surface area contributed by atoms with Crippen molar-refractivity contribution >= 4 is 0 Å². The lowest BCUT2D eigenvalue weighted by Gasteiger charge is -2.52. The minimum absolute atomic E-state index is 0.225. The molecule has 1 aliphatic carbocycles. The van der Waals surface area contributed by atoms with Gasteiger partial charge >= 0.3 is 0 Å². The van der Waals surface area contributed by atoms with Gasteiger partial charge in [0, 0.05) is 30.7 Å². The maximum Gasteiger partial charge on any atom is 0.0338 e. The molecule has 19 heavy (non-hydrogen) atoms. The fourth-order valence-electron chi connectivity index (χ4n) is 3.39. The lowest BCUT2D eigenvalue weighted by Crippen LogP contribution is -2.67. The Morgan fingerprint density at radius 1 is 1.16 bits per heavy atom. The summed E-state index contributed by atoms with van der Waals surface area (Å²) in [6, 6.07) is 10.9. The summed E-state index contributed by atoms with van der Waals surface area (Å²) < 4.78 is 0.